The molecule has 0 unspecified atom stereocenters. The number of aryl methyl sites for hydroxylation is 2. The summed E-state index contributed by atoms with van der Waals surface area (Å²) in [6.07, 6.45) is 6.05. The van der Waals surface area contributed by atoms with E-state index < -0.39 is 12.0 Å². The number of ether oxygens (including phenoxy) is 2. The molecule has 1 fully saturated rings. The van der Waals surface area contributed by atoms with Gasteiger partial charge in [-0.15, -0.1) is 0 Å². The highest BCUT2D eigenvalue weighted by molar-refractivity contribution is 5.76. The van der Waals surface area contributed by atoms with E-state index >= 15 is 0 Å². The van der Waals surface area contributed by atoms with Crippen molar-refractivity contribution in [3.63, 3.8) is 0 Å². The summed E-state index contributed by atoms with van der Waals surface area (Å²) in [5.74, 6) is 0.229. The molecule has 0 bridgehead atoms. The van der Waals surface area contributed by atoms with Crippen LogP contribution in [0.3, 0.4) is 0 Å². The first-order valence-electron chi connectivity index (χ1n) is 13.5. The molecule has 196 valence electrons. The third-order valence-corrected chi connectivity index (χ3v) is 7.11. The maximum absolute atomic E-state index is 12.4. The zero-order chi connectivity index (χ0) is 25.5. The van der Waals surface area contributed by atoms with Gasteiger partial charge in [0.1, 0.15) is 11.9 Å². The fraction of sp³-hybridized carbons (Fsp3) is 0.586. The molecule has 7 nitrogen and oxygen atoms in total. The molecule has 2 aliphatic heterocycles. The van der Waals surface area contributed by atoms with E-state index in [-0.39, 0.29) is 18.3 Å². The van der Waals surface area contributed by atoms with E-state index in [0.29, 0.717) is 19.7 Å². The number of carboxylic acid groups (broad SMARTS) is 1. The van der Waals surface area contributed by atoms with Crippen molar-refractivity contribution in [2.75, 3.05) is 31.6 Å². The Kier molecular flexibility index (Phi) is 9.35. The lowest BCUT2D eigenvalue weighted by Gasteiger charge is -2.28. The Hall–Kier alpha value is -2.48. The summed E-state index contributed by atoms with van der Waals surface area (Å²) < 4.78 is 12.1. The summed E-state index contributed by atoms with van der Waals surface area (Å²) in [7, 11) is 0. The van der Waals surface area contributed by atoms with Crippen molar-refractivity contribution in [2.45, 2.75) is 83.6 Å². The molecule has 0 amide bonds. The molecule has 2 aliphatic rings. The first-order chi connectivity index (χ1) is 17.4. The Morgan fingerprint density at radius 3 is 2.75 bits per heavy atom. The van der Waals surface area contributed by atoms with Gasteiger partial charge < -0.3 is 19.9 Å². The van der Waals surface area contributed by atoms with E-state index in [0.717, 1.165) is 61.3 Å². The van der Waals surface area contributed by atoms with Crippen LogP contribution in [0.1, 0.15) is 81.0 Å². The largest absolute Gasteiger partial charge is 0.480 e. The Morgan fingerprint density at radius 1 is 1.17 bits per heavy atom. The van der Waals surface area contributed by atoms with Crippen LogP contribution in [-0.4, -0.2) is 59.4 Å². The van der Waals surface area contributed by atoms with Crippen molar-refractivity contribution in [1.29, 1.82) is 0 Å². The number of hydrogen-bond donors (Lipinski definition) is 2. The predicted octanol–water partition coefficient (Wildman–Crippen LogP) is 5.17. The van der Waals surface area contributed by atoms with Gasteiger partial charge in [-0.2, -0.15) is 0 Å². The molecule has 0 saturated carbocycles. The summed E-state index contributed by atoms with van der Waals surface area (Å²) in [5.41, 5.74) is 4.21. The van der Waals surface area contributed by atoms with Gasteiger partial charge in [-0.05, 0) is 82.1 Å². The number of aromatic nitrogens is 1. The fourth-order valence-corrected chi connectivity index (χ4v) is 5.39. The van der Waals surface area contributed by atoms with Crippen LogP contribution in [-0.2, 0) is 27.1 Å². The topological polar surface area (TPSA) is 83.9 Å². The van der Waals surface area contributed by atoms with Gasteiger partial charge in [0.2, 0.25) is 0 Å². The number of likely N-dealkylation sites (tertiary alicyclic amines) is 1. The molecular formula is C29H41N3O4. The molecule has 1 saturated heterocycles. The number of carboxylic acids is 1. The average molecular weight is 496 g/mol. The van der Waals surface area contributed by atoms with E-state index in [1.54, 1.807) is 0 Å². The second-order valence-electron chi connectivity index (χ2n) is 10.3. The van der Waals surface area contributed by atoms with Crippen molar-refractivity contribution >= 4 is 11.8 Å². The molecule has 2 aromatic rings. The number of aliphatic carboxylic acids is 1. The SMILES string of the molecule is CC(C)O[C@@H](C)c1ccccc1[C@H](C(=O)O)N1CC[C@@H](OCCCCc2ccc3c(n2)NCCC3)C1. The van der Waals surface area contributed by atoms with Gasteiger partial charge >= 0.3 is 5.97 Å². The van der Waals surface area contributed by atoms with Crippen molar-refractivity contribution in [2.24, 2.45) is 0 Å². The first kappa shape index (κ1) is 26.6. The molecule has 36 heavy (non-hydrogen) atoms. The molecule has 0 spiro atoms. The Labute approximate surface area is 215 Å². The fourth-order valence-electron chi connectivity index (χ4n) is 5.39. The minimum Gasteiger partial charge on any atom is -0.480 e. The Balaban J connectivity index is 1.26. The zero-order valence-electron chi connectivity index (χ0n) is 21.9. The molecule has 0 radical (unpaired) electrons. The van der Waals surface area contributed by atoms with E-state index in [1.165, 1.54) is 12.0 Å². The number of hydrogen-bond acceptors (Lipinski definition) is 6. The zero-order valence-corrected chi connectivity index (χ0v) is 21.9. The highest BCUT2D eigenvalue weighted by Gasteiger charge is 2.35. The summed E-state index contributed by atoms with van der Waals surface area (Å²) in [6.45, 7) is 9.02. The van der Waals surface area contributed by atoms with Crippen LogP contribution in [0.5, 0.6) is 0 Å². The number of carbonyl (C=O) groups is 1. The van der Waals surface area contributed by atoms with Gasteiger partial charge in [0.15, 0.2) is 0 Å². The normalized spacial score (nSPS) is 19.6. The number of nitrogens with zero attached hydrogens (tertiary/aromatic N) is 2. The monoisotopic (exact) mass is 495 g/mol. The predicted molar refractivity (Wildman–Crippen MR) is 141 cm³/mol. The number of nitrogens with one attached hydrogen (secondary N) is 1. The summed E-state index contributed by atoms with van der Waals surface area (Å²) >= 11 is 0. The molecule has 2 N–H and O–H groups in total. The standard InChI is InChI=1S/C29H41N3O4/c1-20(2)36-21(3)25-11-4-5-12-26(25)27(29(33)34)32-17-15-24(19-32)35-18-7-6-10-23-14-13-22-9-8-16-30-28(22)31-23/h4-5,11-14,20-21,24,27H,6-10,15-19H2,1-3H3,(H,30,31)(H,33,34)/t21-,24+,27+/m0/s1. The van der Waals surface area contributed by atoms with E-state index in [9.17, 15) is 9.90 Å². The van der Waals surface area contributed by atoms with Crippen molar-refractivity contribution < 1.29 is 19.4 Å². The summed E-state index contributed by atoms with van der Waals surface area (Å²) in [6, 6.07) is 11.4. The molecule has 0 aliphatic carbocycles. The van der Waals surface area contributed by atoms with Gasteiger partial charge in [-0.1, -0.05) is 30.3 Å². The number of fused-ring (bicyclic) bond motifs is 1. The molecule has 4 rings (SSSR count). The number of anilines is 1. The van der Waals surface area contributed by atoms with Crippen LogP contribution < -0.4 is 5.32 Å². The second-order valence-corrected chi connectivity index (χ2v) is 10.3. The lowest BCUT2D eigenvalue weighted by molar-refractivity contribution is -0.143. The van der Waals surface area contributed by atoms with Gasteiger partial charge in [-0.3, -0.25) is 9.69 Å². The lowest BCUT2D eigenvalue weighted by Crippen LogP contribution is -2.34. The molecule has 1 aromatic heterocycles. The van der Waals surface area contributed by atoms with Crippen LogP contribution in [0, 0.1) is 0 Å². The van der Waals surface area contributed by atoms with Crippen LogP contribution >= 0.6 is 0 Å². The number of unbranched alkanes of at least 4 members (excludes halogenated alkanes) is 1. The maximum Gasteiger partial charge on any atom is 0.325 e. The molecular weight excluding hydrogens is 454 g/mol. The number of rotatable bonds is 12. The van der Waals surface area contributed by atoms with Gasteiger partial charge in [0.05, 0.1) is 18.3 Å². The van der Waals surface area contributed by atoms with Crippen molar-refractivity contribution in [3.8, 4) is 0 Å². The molecule has 3 atom stereocenters. The third-order valence-electron chi connectivity index (χ3n) is 7.11. The minimum absolute atomic E-state index is 0.0643. The van der Waals surface area contributed by atoms with E-state index in [1.807, 2.05) is 49.9 Å². The average Bonchev–Trinajstić information content (AvgIpc) is 3.31. The van der Waals surface area contributed by atoms with Crippen LogP contribution in [0.2, 0.25) is 0 Å². The van der Waals surface area contributed by atoms with Crippen LogP contribution in [0.25, 0.3) is 0 Å². The Bertz CT molecular complexity index is 1010. The lowest BCUT2D eigenvalue weighted by atomic mass is 9.96. The van der Waals surface area contributed by atoms with Crippen molar-refractivity contribution in [1.82, 2.24) is 9.88 Å². The maximum atomic E-state index is 12.4. The van der Waals surface area contributed by atoms with Crippen LogP contribution in [0.4, 0.5) is 5.82 Å². The second kappa shape index (κ2) is 12.7. The minimum atomic E-state index is -0.827. The van der Waals surface area contributed by atoms with Gasteiger partial charge in [0, 0.05) is 31.9 Å². The third kappa shape index (κ3) is 6.84. The first-order valence-corrected chi connectivity index (χ1v) is 13.5. The molecule has 3 heterocycles. The van der Waals surface area contributed by atoms with Gasteiger partial charge in [0.25, 0.3) is 0 Å². The Morgan fingerprint density at radius 2 is 1.97 bits per heavy atom. The summed E-state index contributed by atoms with van der Waals surface area (Å²) in [4.78, 5) is 19.2. The smallest absolute Gasteiger partial charge is 0.325 e. The molecule has 7 heteroatoms. The van der Waals surface area contributed by atoms with E-state index in [2.05, 4.69) is 17.4 Å². The van der Waals surface area contributed by atoms with E-state index in [4.69, 9.17) is 14.5 Å². The summed E-state index contributed by atoms with van der Waals surface area (Å²) in [5, 5.41) is 13.6. The van der Waals surface area contributed by atoms with Gasteiger partial charge in [-0.25, -0.2) is 4.98 Å². The highest BCUT2D eigenvalue weighted by atomic mass is 16.5. The van der Waals surface area contributed by atoms with Crippen LogP contribution in [0.15, 0.2) is 36.4 Å². The van der Waals surface area contributed by atoms with Crippen molar-refractivity contribution in [3.05, 3.63) is 58.8 Å². The molecule has 1 aromatic carbocycles. The number of benzene rings is 1. The number of pyridine rings is 1. The highest BCUT2D eigenvalue weighted by Crippen LogP contribution is 2.33. The quantitative estimate of drug-likeness (QED) is 0.393.